The molecule has 2 aliphatic heterocycles. The molecule has 2 aliphatic rings. The van der Waals surface area contributed by atoms with E-state index in [2.05, 4.69) is 10.2 Å². The first-order valence-corrected chi connectivity index (χ1v) is 7.08. The number of ether oxygens (including phenoxy) is 2. The monoisotopic (exact) mass is 271 g/mol. The van der Waals surface area contributed by atoms with Crippen LogP contribution in [0.25, 0.3) is 0 Å². The van der Waals surface area contributed by atoms with Gasteiger partial charge in [0.1, 0.15) is 0 Å². The Hall–Kier alpha value is -0.630. The molecule has 18 heavy (non-hydrogen) atoms. The molecule has 0 aliphatic carbocycles. The fourth-order valence-electron chi connectivity index (χ4n) is 2.46. The molecule has 0 saturated carbocycles. The van der Waals surface area contributed by atoms with Crippen molar-refractivity contribution in [3.05, 3.63) is 5.89 Å². The molecule has 2 atom stereocenters. The molecule has 1 aromatic heterocycles. The lowest BCUT2D eigenvalue weighted by Crippen LogP contribution is -2.41. The van der Waals surface area contributed by atoms with Crippen molar-refractivity contribution >= 4 is 11.8 Å². The zero-order valence-corrected chi connectivity index (χ0v) is 10.9. The summed E-state index contributed by atoms with van der Waals surface area (Å²) in [6.07, 6.45) is 2.98. The van der Waals surface area contributed by atoms with Crippen LogP contribution in [0.1, 0.15) is 25.2 Å². The topological polar surface area (TPSA) is 83.4 Å². The first-order valence-electron chi connectivity index (χ1n) is 6.20. The maximum Gasteiger partial charge on any atom is 0.276 e. The van der Waals surface area contributed by atoms with Crippen LogP contribution in [0.2, 0.25) is 0 Å². The average Bonchev–Trinajstić information content (AvgIpc) is 2.99. The molecule has 2 unspecified atom stereocenters. The molecule has 2 saturated heterocycles. The molecule has 0 bridgehead atoms. The van der Waals surface area contributed by atoms with Gasteiger partial charge in [0.25, 0.3) is 5.22 Å². The SMILES string of the molecule is NCc1nnc(SC2CCOC3(CCOC3)C2)o1. The third-order valence-electron chi connectivity index (χ3n) is 3.41. The minimum atomic E-state index is -0.0768. The van der Waals surface area contributed by atoms with E-state index in [-0.39, 0.29) is 5.60 Å². The third-order valence-corrected chi connectivity index (χ3v) is 4.51. The summed E-state index contributed by atoms with van der Waals surface area (Å²) < 4.78 is 16.8. The summed E-state index contributed by atoms with van der Waals surface area (Å²) in [5.41, 5.74) is 5.37. The van der Waals surface area contributed by atoms with Gasteiger partial charge < -0.3 is 19.6 Å². The van der Waals surface area contributed by atoms with Crippen LogP contribution in [0.15, 0.2) is 9.64 Å². The van der Waals surface area contributed by atoms with Gasteiger partial charge in [0, 0.05) is 24.9 Å². The summed E-state index contributed by atoms with van der Waals surface area (Å²) in [6, 6.07) is 0. The first kappa shape index (κ1) is 12.4. The van der Waals surface area contributed by atoms with Crippen molar-refractivity contribution < 1.29 is 13.9 Å². The van der Waals surface area contributed by atoms with Crippen LogP contribution >= 0.6 is 11.8 Å². The average molecular weight is 271 g/mol. The van der Waals surface area contributed by atoms with E-state index in [0.29, 0.717) is 29.5 Å². The Morgan fingerprint density at radius 3 is 3.06 bits per heavy atom. The summed E-state index contributed by atoms with van der Waals surface area (Å²) in [5.74, 6) is 0.489. The van der Waals surface area contributed by atoms with Crippen molar-refractivity contribution in [2.24, 2.45) is 5.73 Å². The second-order valence-electron chi connectivity index (χ2n) is 4.73. The molecule has 3 heterocycles. The van der Waals surface area contributed by atoms with Crippen LogP contribution in [0.5, 0.6) is 0 Å². The highest BCUT2D eigenvalue weighted by atomic mass is 32.2. The summed E-state index contributed by atoms with van der Waals surface area (Å²) in [4.78, 5) is 0. The van der Waals surface area contributed by atoms with Crippen molar-refractivity contribution in [3.8, 4) is 0 Å². The van der Waals surface area contributed by atoms with Crippen molar-refractivity contribution in [3.63, 3.8) is 0 Å². The molecule has 1 spiro atoms. The maximum absolute atomic E-state index is 5.90. The van der Waals surface area contributed by atoms with E-state index in [0.717, 1.165) is 32.5 Å². The number of hydrogen-bond acceptors (Lipinski definition) is 7. The van der Waals surface area contributed by atoms with Crippen molar-refractivity contribution in [1.82, 2.24) is 10.2 Å². The van der Waals surface area contributed by atoms with Gasteiger partial charge >= 0.3 is 0 Å². The van der Waals surface area contributed by atoms with E-state index in [1.165, 1.54) is 0 Å². The fraction of sp³-hybridized carbons (Fsp3) is 0.818. The van der Waals surface area contributed by atoms with Gasteiger partial charge in [0.2, 0.25) is 5.89 Å². The van der Waals surface area contributed by atoms with Crippen LogP contribution in [-0.4, -0.2) is 40.9 Å². The van der Waals surface area contributed by atoms with E-state index in [1.54, 1.807) is 11.8 Å². The fourth-order valence-corrected chi connectivity index (χ4v) is 3.58. The Morgan fingerprint density at radius 1 is 1.39 bits per heavy atom. The third kappa shape index (κ3) is 2.54. The van der Waals surface area contributed by atoms with Crippen LogP contribution in [0.3, 0.4) is 0 Å². The molecule has 2 fully saturated rings. The second-order valence-corrected chi connectivity index (χ2v) is 5.98. The summed E-state index contributed by atoms with van der Waals surface area (Å²) >= 11 is 1.63. The van der Waals surface area contributed by atoms with E-state index in [9.17, 15) is 0 Å². The highest BCUT2D eigenvalue weighted by Crippen LogP contribution is 2.39. The van der Waals surface area contributed by atoms with Crippen molar-refractivity contribution in [2.45, 2.75) is 41.9 Å². The predicted octanol–water partition coefficient (Wildman–Crippen LogP) is 0.958. The van der Waals surface area contributed by atoms with Crippen LogP contribution in [-0.2, 0) is 16.0 Å². The van der Waals surface area contributed by atoms with Crippen LogP contribution < -0.4 is 5.73 Å². The Balaban J connectivity index is 1.62. The van der Waals surface area contributed by atoms with Crippen LogP contribution in [0, 0.1) is 0 Å². The van der Waals surface area contributed by atoms with E-state index >= 15 is 0 Å². The number of rotatable bonds is 3. The molecule has 1 aromatic rings. The van der Waals surface area contributed by atoms with Gasteiger partial charge in [0.15, 0.2) is 0 Å². The predicted molar refractivity (Wildman–Crippen MR) is 65.2 cm³/mol. The Kier molecular flexibility index (Phi) is 3.56. The lowest BCUT2D eigenvalue weighted by atomic mass is 9.93. The molecule has 0 aromatic carbocycles. The number of nitrogens with zero attached hydrogens (tertiary/aromatic N) is 2. The molecule has 7 heteroatoms. The molecule has 0 radical (unpaired) electrons. The van der Waals surface area contributed by atoms with Gasteiger partial charge in [0.05, 0.1) is 18.8 Å². The van der Waals surface area contributed by atoms with Crippen LogP contribution in [0.4, 0.5) is 0 Å². The smallest absolute Gasteiger partial charge is 0.276 e. The van der Waals surface area contributed by atoms with Crippen molar-refractivity contribution in [1.29, 1.82) is 0 Å². The van der Waals surface area contributed by atoms with Crippen molar-refractivity contribution in [2.75, 3.05) is 19.8 Å². The van der Waals surface area contributed by atoms with E-state index in [1.807, 2.05) is 0 Å². The zero-order valence-electron chi connectivity index (χ0n) is 10.1. The van der Waals surface area contributed by atoms with Gasteiger partial charge in [-0.2, -0.15) is 0 Å². The Labute approximate surface area is 110 Å². The number of hydrogen-bond donors (Lipinski definition) is 1. The summed E-state index contributed by atoms with van der Waals surface area (Å²) in [5, 5.41) is 8.92. The van der Waals surface area contributed by atoms with Gasteiger partial charge in [-0.05, 0) is 12.8 Å². The molecular formula is C11H17N3O3S. The molecule has 3 rings (SSSR count). The zero-order chi connectivity index (χ0) is 12.4. The normalized spacial score (nSPS) is 32.2. The number of nitrogens with two attached hydrogens (primary N) is 1. The van der Waals surface area contributed by atoms with E-state index < -0.39 is 0 Å². The number of aromatic nitrogens is 2. The highest BCUT2D eigenvalue weighted by molar-refractivity contribution is 7.99. The summed E-state index contributed by atoms with van der Waals surface area (Å²) in [7, 11) is 0. The summed E-state index contributed by atoms with van der Waals surface area (Å²) in [6.45, 7) is 2.58. The lowest BCUT2D eigenvalue weighted by molar-refractivity contribution is -0.0770. The largest absolute Gasteiger partial charge is 0.415 e. The van der Waals surface area contributed by atoms with Gasteiger partial charge in [-0.25, -0.2) is 0 Å². The standard InChI is InChI=1S/C11H17N3O3S/c12-6-9-13-14-10(17-9)18-8-1-3-16-11(5-8)2-4-15-7-11/h8H,1-7,12H2. The molecule has 6 nitrogen and oxygen atoms in total. The molecule has 100 valence electrons. The maximum atomic E-state index is 5.90. The first-order chi connectivity index (χ1) is 8.80. The quantitative estimate of drug-likeness (QED) is 0.876. The highest BCUT2D eigenvalue weighted by Gasteiger charge is 2.41. The molecule has 0 amide bonds. The van der Waals surface area contributed by atoms with E-state index in [4.69, 9.17) is 19.6 Å². The second kappa shape index (κ2) is 5.16. The van der Waals surface area contributed by atoms with Gasteiger partial charge in [-0.1, -0.05) is 11.8 Å². The lowest BCUT2D eigenvalue weighted by Gasteiger charge is -2.36. The minimum absolute atomic E-state index is 0.0768. The minimum Gasteiger partial charge on any atom is -0.415 e. The Bertz CT molecular complexity index is 406. The van der Waals surface area contributed by atoms with Gasteiger partial charge in [-0.3, -0.25) is 0 Å². The Morgan fingerprint density at radius 2 is 2.33 bits per heavy atom. The molecular weight excluding hydrogens is 254 g/mol. The van der Waals surface area contributed by atoms with Gasteiger partial charge in [-0.15, -0.1) is 10.2 Å². The molecule has 2 N–H and O–H groups in total. The number of thioether (sulfide) groups is 1.